The van der Waals surface area contributed by atoms with E-state index in [-0.39, 0.29) is 17.9 Å². The minimum atomic E-state index is -0.310. The molecule has 1 aliphatic heterocycles. The van der Waals surface area contributed by atoms with Crippen LogP contribution in [0.5, 0.6) is 0 Å². The molecule has 2 aromatic carbocycles. The maximum Gasteiger partial charge on any atom is 0.315 e. The summed E-state index contributed by atoms with van der Waals surface area (Å²) >= 11 is 3.42. The van der Waals surface area contributed by atoms with Crippen molar-refractivity contribution in [3.8, 4) is 0 Å². The van der Waals surface area contributed by atoms with Crippen LogP contribution in [0, 0.1) is 0 Å². The molecule has 1 N–H and O–H groups in total. The lowest BCUT2D eigenvalue weighted by molar-refractivity contribution is -0.142. The second-order valence-corrected chi connectivity index (χ2v) is 6.08. The number of esters is 1. The summed E-state index contributed by atoms with van der Waals surface area (Å²) in [6.45, 7) is 0. The molecule has 1 heterocycles. The van der Waals surface area contributed by atoms with Crippen molar-refractivity contribution in [3.63, 3.8) is 0 Å². The molecular formula is C17H16BrNO2. The second kappa shape index (κ2) is 5.90. The van der Waals surface area contributed by atoms with E-state index in [1.165, 1.54) is 12.7 Å². The Morgan fingerprint density at radius 2 is 1.95 bits per heavy atom. The van der Waals surface area contributed by atoms with Crippen molar-refractivity contribution in [1.82, 2.24) is 0 Å². The van der Waals surface area contributed by atoms with Crippen LogP contribution in [-0.4, -0.2) is 19.1 Å². The molecular weight excluding hydrogens is 330 g/mol. The molecule has 3 rings (SSSR count). The summed E-state index contributed by atoms with van der Waals surface area (Å²) in [5.74, 6) is -0.516. The van der Waals surface area contributed by atoms with Crippen LogP contribution >= 0.6 is 15.9 Å². The molecule has 0 saturated carbocycles. The van der Waals surface area contributed by atoms with E-state index in [1.807, 2.05) is 42.5 Å². The van der Waals surface area contributed by atoms with E-state index in [0.717, 1.165) is 22.1 Å². The molecule has 4 heteroatoms. The number of ether oxygens (including phenoxy) is 1. The van der Waals surface area contributed by atoms with Crippen LogP contribution in [0.1, 0.15) is 17.0 Å². The van der Waals surface area contributed by atoms with Crippen molar-refractivity contribution < 1.29 is 9.53 Å². The van der Waals surface area contributed by atoms with E-state index in [0.29, 0.717) is 0 Å². The number of carbonyl (C=O) groups excluding carboxylic acids is 1. The number of para-hydroxylation sites is 1. The van der Waals surface area contributed by atoms with Crippen LogP contribution in [0.25, 0.3) is 0 Å². The number of rotatable bonds is 3. The third kappa shape index (κ3) is 2.81. The number of nitrogens with one attached hydrogen (secondary N) is 1. The summed E-state index contributed by atoms with van der Waals surface area (Å²) in [5, 5.41) is 3.45. The Bertz CT molecular complexity index is 629. The average molecular weight is 346 g/mol. The Morgan fingerprint density at radius 3 is 2.62 bits per heavy atom. The van der Waals surface area contributed by atoms with E-state index >= 15 is 0 Å². The van der Waals surface area contributed by atoms with Crippen LogP contribution < -0.4 is 5.32 Å². The number of halogens is 1. The highest BCUT2D eigenvalue weighted by Gasteiger charge is 2.34. The van der Waals surface area contributed by atoms with E-state index in [2.05, 4.69) is 27.3 Å². The van der Waals surface area contributed by atoms with Crippen LogP contribution in [0.2, 0.25) is 0 Å². The number of carbonyl (C=O) groups is 1. The summed E-state index contributed by atoms with van der Waals surface area (Å²) in [4.78, 5) is 12.3. The van der Waals surface area contributed by atoms with Gasteiger partial charge in [-0.15, -0.1) is 0 Å². The zero-order valence-corrected chi connectivity index (χ0v) is 13.3. The molecule has 0 saturated heterocycles. The van der Waals surface area contributed by atoms with Gasteiger partial charge in [0.25, 0.3) is 0 Å². The molecule has 1 aliphatic rings. The maximum atomic E-state index is 12.3. The normalized spacial score (nSPS) is 17.7. The number of fused-ring (bicyclic) bond motifs is 1. The summed E-state index contributed by atoms with van der Waals surface area (Å²) < 4.78 is 6.02. The standard InChI is InChI=1S/C17H16BrNO2/c1-21-17(20)16(11-6-8-13(18)9-7-11)15-10-12-4-2-3-5-14(12)19-15/h2-9,15-16,19H,10H2,1H3/t15-,16-/m1/s1. The molecule has 3 nitrogen and oxygen atoms in total. The summed E-state index contributed by atoms with van der Waals surface area (Å²) in [5.41, 5.74) is 3.32. The highest BCUT2D eigenvalue weighted by Crippen LogP contribution is 2.34. The Balaban J connectivity index is 1.91. The molecule has 0 radical (unpaired) electrons. The summed E-state index contributed by atoms with van der Waals surface area (Å²) in [7, 11) is 1.44. The molecule has 0 aromatic heterocycles. The fourth-order valence-corrected chi connectivity index (χ4v) is 3.12. The van der Waals surface area contributed by atoms with E-state index in [4.69, 9.17) is 4.74 Å². The molecule has 2 atom stereocenters. The first-order chi connectivity index (χ1) is 10.2. The van der Waals surface area contributed by atoms with Crippen molar-refractivity contribution in [3.05, 3.63) is 64.1 Å². The Hall–Kier alpha value is -1.81. The number of anilines is 1. The van der Waals surface area contributed by atoms with Crippen molar-refractivity contribution in [2.45, 2.75) is 18.4 Å². The van der Waals surface area contributed by atoms with Gasteiger partial charge in [0.05, 0.1) is 7.11 Å². The summed E-state index contributed by atoms with van der Waals surface area (Å²) in [6.07, 6.45) is 0.825. The van der Waals surface area contributed by atoms with Gasteiger partial charge in [-0.3, -0.25) is 4.79 Å². The first kappa shape index (κ1) is 14.1. The molecule has 0 fully saturated rings. The highest BCUT2D eigenvalue weighted by molar-refractivity contribution is 9.10. The van der Waals surface area contributed by atoms with Crippen molar-refractivity contribution in [2.75, 3.05) is 12.4 Å². The average Bonchev–Trinajstić information content (AvgIpc) is 2.92. The monoisotopic (exact) mass is 345 g/mol. The quantitative estimate of drug-likeness (QED) is 0.861. The van der Waals surface area contributed by atoms with Gasteiger partial charge in [-0.1, -0.05) is 46.3 Å². The first-order valence-corrected chi connectivity index (χ1v) is 7.66. The maximum absolute atomic E-state index is 12.3. The number of methoxy groups -OCH3 is 1. The van der Waals surface area contributed by atoms with E-state index in [1.54, 1.807) is 0 Å². The molecule has 0 bridgehead atoms. The van der Waals surface area contributed by atoms with Gasteiger partial charge >= 0.3 is 5.97 Å². The van der Waals surface area contributed by atoms with Gasteiger partial charge in [-0.05, 0) is 35.7 Å². The second-order valence-electron chi connectivity index (χ2n) is 5.16. The minimum absolute atomic E-state index is 0.0241. The van der Waals surface area contributed by atoms with Gasteiger partial charge in [-0.25, -0.2) is 0 Å². The zero-order valence-electron chi connectivity index (χ0n) is 11.7. The van der Waals surface area contributed by atoms with Crippen molar-refractivity contribution >= 4 is 27.6 Å². The predicted molar refractivity (Wildman–Crippen MR) is 86.5 cm³/mol. The van der Waals surface area contributed by atoms with Gasteiger partial charge in [0.2, 0.25) is 0 Å². The molecule has 0 unspecified atom stereocenters. The number of hydrogen-bond acceptors (Lipinski definition) is 3. The van der Waals surface area contributed by atoms with Crippen LogP contribution in [0.4, 0.5) is 5.69 Å². The van der Waals surface area contributed by atoms with Gasteiger partial charge in [0.15, 0.2) is 0 Å². The van der Waals surface area contributed by atoms with Gasteiger partial charge < -0.3 is 10.1 Å². The summed E-state index contributed by atoms with van der Waals surface area (Å²) in [6, 6.07) is 16.0. The van der Waals surface area contributed by atoms with E-state index in [9.17, 15) is 4.79 Å². The number of benzene rings is 2. The largest absolute Gasteiger partial charge is 0.468 e. The zero-order chi connectivity index (χ0) is 14.8. The van der Waals surface area contributed by atoms with Crippen LogP contribution in [-0.2, 0) is 16.0 Å². The highest BCUT2D eigenvalue weighted by atomic mass is 79.9. The molecule has 108 valence electrons. The fraction of sp³-hybridized carbons (Fsp3) is 0.235. The Labute approximate surface area is 132 Å². The fourth-order valence-electron chi connectivity index (χ4n) is 2.86. The van der Waals surface area contributed by atoms with Gasteiger partial charge in [-0.2, -0.15) is 0 Å². The third-order valence-electron chi connectivity index (χ3n) is 3.88. The van der Waals surface area contributed by atoms with Crippen molar-refractivity contribution in [1.29, 1.82) is 0 Å². The van der Waals surface area contributed by atoms with Gasteiger partial charge in [0, 0.05) is 16.2 Å². The Morgan fingerprint density at radius 1 is 1.24 bits per heavy atom. The number of hydrogen-bond donors (Lipinski definition) is 1. The lowest BCUT2D eigenvalue weighted by Gasteiger charge is -2.22. The van der Waals surface area contributed by atoms with Gasteiger partial charge in [0.1, 0.15) is 5.92 Å². The molecule has 21 heavy (non-hydrogen) atoms. The minimum Gasteiger partial charge on any atom is -0.468 e. The molecule has 0 aliphatic carbocycles. The molecule has 2 aromatic rings. The predicted octanol–water partition coefficient (Wildman–Crippen LogP) is 3.74. The smallest absolute Gasteiger partial charge is 0.315 e. The topological polar surface area (TPSA) is 38.3 Å². The molecule has 0 amide bonds. The lowest BCUT2D eigenvalue weighted by atomic mass is 9.89. The van der Waals surface area contributed by atoms with Crippen LogP contribution in [0.15, 0.2) is 53.0 Å². The Kier molecular flexibility index (Phi) is 3.97. The SMILES string of the molecule is COC(=O)[C@H](c1ccc(Br)cc1)[C@H]1Cc2ccccc2N1. The lowest BCUT2D eigenvalue weighted by Crippen LogP contribution is -2.32. The van der Waals surface area contributed by atoms with Crippen molar-refractivity contribution in [2.24, 2.45) is 0 Å². The molecule has 0 spiro atoms. The third-order valence-corrected chi connectivity index (χ3v) is 4.41. The van der Waals surface area contributed by atoms with E-state index < -0.39 is 0 Å². The van der Waals surface area contributed by atoms with Crippen LogP contribution in [0.3, 0.4) is 0 Å². The first-order valence-electron chi connectivity index (χ1n) is 6.87.